The lowest BCUT2D eigenvalue weighted by molar-refractivity contribution is -0.122. The zero-order valence-electron chi connectivity index (χ0n) is 9.88. The maximum absolute atomic E-state index is 11.6. The fourth-order valence-electron chi connectivity index (χ4n) is 1.93. The normalized spacial score (nSPS) is 18.8. The Balaban J connectivity index is 1.74. The van der Waals surface area contributed by atoms with Crippen LogP contribution in [0.3, 0.4) is 0 Å². The molecule has 2 fully saturated rings. The summed E-state index contributed by atoms with van der Waals surface area (Å²) in [7, 11) is 0. The molecule has 0 radical (unpaired) electrons. The van der Waals surface area contributed by atoms with E-state index in [2.05, 4.69) is 26.2 Å². The number of hydrogen-bond donors (Lipinski definition) is 1. The van der Waals surface area contributed by atoms with E-state index in [9.17, 15) is 4.79 Å². The summed E-state index contributed by atoms with van der Waals surface area (Å²) in [6.07, 6.45) is 4.42. The van der Waals surface area contributed by atoms with Crippen molar-refractivity contribution >= 4 is 33.4 Å². The first-order valence-electron chi connectivity index (χ1n) is 6.27. The average molecular weight is 330 g/mol. The Kier molecular flexibility index (Phi) is 3.32. The molecule has 0 atom stereocenters. The van der Waals surface area contributed by atoms with Gasteiger partial charge in [-0.3, -0.25) is 9.78 Å². The molecule has 0 saturated heterocycles. The monoisotopic (exact) mass is 328 g/mol. The molecule has 3 nitrogen and oxygen atoms in total. The molecule has 5 heteroatoms. The number of pyridine rings is 1. The lowest BCUT2D eigenvalue weighted by Gasteiger charge is -2.09. The summed E-state index contributed by atoms with van der Waals surface area (Å²) in [6, 6.07) is 1.93. The van der Waals surface area contributed by atoms with E-state index in [1.165, 1.54) is 12.8 Å². The van der Waals surface area contributed by atoms with Crippen LogP contribution >= 0.6 is 27.5 Å². The van der Waals surface area contributed by atoms with Gasteiger partial charge >= 0.3 is 0 Å². The van der Waals surface area contributed by atoms with E-state index in [4.69, 9.17) is 11.6 Å². The zero-order valence-corrected chi connectivity index (χ0v) is 12.2. The molecule has 0 aliphatic heterocycles. The summed E-state index contributed by atoms with van der Waals surface area (Å²) >= 11 is 9.62. The van der Waals surface area contributed by atoms with Crippen molar-refractivity contribution in [1.82, 2.24) is 10.3 Å². The van der Waals surface area contributed by atoms with Crippen LogP contribution in [0.5, 0.6) is 0 Å². The molecule has 0 bridgehead atoms. The summed E-state index contributed by atoms with van der Waals surface area (Å²) in [5, 5.41) is 3.61. The number of halogens is 2. The molecule has 2 saturated carbocycles. The Hall–Kier alpha value is -0.610. The number of aromatic nitrogens is 1. The highest BCUT2D eigenvalue weighted by molar-refractivity contribution is 9.10. The van der Waals surface area contributed by atoms with Crippen LogP contribution in [0.25, 0.3) is 0 Å². The minimum Gasteiger partial charge on any atom is -0.350 e. The van der Waals surface area contributed by atoms with Gasteiger partial charge in [0.2, 0.25) is 5.91 Å². The van der Waals surface area contributed by atoms with Crippen LogP contribution in [0, 0.1) is 5.92 Å². The van der Waals surface area contributed by atoms with Crippen molar-refractivity contribution in [3.8, 4) is 0 Å². The first-order valence-corrected chi connectivity index (χ1v) is 7.45. The van der Waals surface area contributed by atoms with Gasteiger partial charge in [-0.25, -0.2) is 0 Å². The van der Waals surface area contributed by atoms with Crippen LogP contribution in [0.2, 0.25) is 5.02 Å². The minimum absolute atomic E-state index is 0.136. The largest absolute Gasteiger partial charge is 0.350 e. The van der Waals surface area contributed by atoms with Crippen LogP contribution in [-0.4, -0.2) is 10.9 Å². The van der Waals surface area contributed by atoms with Gasteiger partial charge in [0, 0.05) is 17.5 Å². The van der Waals surface area contributed by atoms with E-state index >= 15 is 0 Å². The molecule has 0 aromatic carbocycles. The van der Waals surface area contributed by atoms with Gasteiger partial charge in [-0.05, 0) is 47.7 Å². The average Bonchev–Trinajstić information content (AvgIpc) is 3.19. The quantitative estimate of drug-likeness (QED) is 0.920. The highest BCUT2D eigenvalue weighted by Crippen LogP contribution is 2.41. The van der Waals surface area contributed by atoms with Crippen molar-refractivity contribution in [1.29, 1.82) is 0 Å². The molecular formula is C13H14BrClN2O. The number of nitrogens with one attached hydrogen (secondary N) is 1. The summed E-state index contributed by atoms with van der Waals surface area (Å²) in [4.78, 5) is 16.2. The highest BCUT2D eigenvalue weighted by atomic mass is 79.9. The van der Waals surface area contributed by atoms with Crippen LogP contribution < -0.4 is 5.32 Å². The second-order valence-electron chi connectivity index (χ2n) is 5.06. The number of hydrogen-bond acceptors (Lipinski definition) is 2. The van der Waals surface area contributed by atoms with Gasteiger partial charge < -0.3 is 5.32 Å². The Morgan fingerprint density at radius 2 is 2.17 bits per heavy atom. The first-order chi connectivity index (χ1) is 8.65. The number of carbonyl (C=O) groups excluding carboxylic acids is 1. The molecule has 3 rings (SSSR count). The Labute approximate surface area is 119 Å². The van der Waals surface area contributed by atoms with Gasteiger partial charge in [0.25, 0.3) is 0 Å². The van der Waals surface area contributed by atoms with Gasteiger partial charge in [-0.1, -0.05) is 11.6 Å². The van der Waals surface area contributed by atoms with Gasteiger partial charge in [0.15, 0.2) is 0 Å². The third-order valence-electron chi connectivity index (χ3n) is 3.38. The Morgan fingerprint density at radius 3 is 2.78 bits per heavy atom. The standard InChI is InChI=1S/C13H14BrClN2O/c14-12-9(15)5-10(7-1-2-7)17-11(12)6-16-13(18)8-3-4-8/h5,7-8H,1-4,6H2,(H,16,18). The molecule has 1 aromatic rings. The van der Waals surface area contributed by atoms with Crippen LogP contribution in [0.4, 0.5) is 0 Å². The summed E-state index contributed by atoms with van der Waals surface area (Å²) < 4.78 is 0.796. The van der Waals surface area contributed by atoms with E-state index in [-0.39, 0.29) is 11.8 Å². The van der Waals surface area contributed by atoms with Crippen molar-refractivity contribution < 1.29 is 4.79 Å². The molecular weight excluding hydrogens is 316 g/mol. The van der Waals surface area contributed by atoms with Crippen LogP contribution in [-0.2, 0) is 11.3 Å². The number of carbonyl (C=O) groups is 1. The summed E-state index contributed by atoms with van der Waals surface area (Å²) in [6.45, 7) is 0.455. The smallest absolute Gasteiger partial charge is 0.223 e. The van der Waals surface area contributed by atoms with E-state index in [0.717, 1.165) is 28.7 Å². The third kappa shape index (κ3) is 2.69. The van der Waals surface area contributed by atoms with Crippen LogP contribution in [0.1, 0.15) is 43.0 Å². The fraction of sp³-hybridized carbons (Fsp3) is 0.538. The maximum atomic E-state index is 11.6. The number of nitrogens with zero attached hydrogens (tertiary/aromatic N) is 1. The fourth-order valence-corrected chi connectivity index (χ4v) is 2.50. The molecule has 0 spiro atoms. The van der Waals surface area contributed by atoms with Gasteiger partial charge in [-0.15, -0.1) is 0 Å². The van der Waals surface area contributed by atoms with Crippen molar-refractivity contribution in [3.05, 3.63) is 26.9 Å². The predicted octanol–water partition coefficient (Wildman–Crippen LogP) is 3.40. The van der Waals surface area contributed by atoms with Crippen molar-refractivity contribution in [2.45, 2.75) is 38.1 Å². The van der Waals surface area contributed by atoms with E-state index < -0.39 is 0 Å². The molecule has 0 unspecified atom stereocenters. The molecule has 2 aliphatic rings. The minimum atomic E-state index is 0.136. The first kappa shape index (κ1) is 12.4. The second-order valence-corrected chi connectivity index (χ2v) is 6.26. The lowest BCUT2D eigenvalue weighted by atomic mass is 10.2. The number of rotatable bonds is 4. The summed E-state index contributed by atoms with van der Waals surface area (Å²) in [5.41, 5.74) is 1.89. The van der Waals surface area contributed by atoms with Gasteiger partial charge in [0.05, 0.1) is 21.7 Å². The molecule has 1 amide bonds. The predicted molar refractivity (Wildman–Crippen MR) is 73.5 cm³/mol. The molecule has 96 valence electrons. The summed E-state index contributed by atoms with van der Waals surface area (Å²) in [5.74, 6) is 0.927. The van der Waals surface area contributed by atoms with E-state index in [0.29, 0.717) is 17.5 Å². The highest BCUT2D eigenvalue weighted by Gasteiger charge is 2.30. The van der Waals surface area contributed by atoms with Gasteiger partial charge in [0.1, 0.15) is 0 Å². The maximum Gasteiger partial charge on any atom is 0.223 e. The molecule has 1 heterocycles. The van der Waals surface area contributed by atoms with E-state index in [1.807, 2.05) is 6.07 Å². The zero-order chi connectivity index (χ0) is 12.7. The Morgan fingerprint density at radius 1 is 1.44 bits per heavy atom. The second kappa shape index (κ2) is 4.82. The SMILES string of the molecule is O=C(NCc1nc(C2CC2)cc(Cl)c1Br)C1CC1. The molecule has 1 aromatic heterocycles. The number of amides is 1. The van der Waals surface area contributed by atoms with Crippen molar-refractivity contribution in [2.24, 2.45) is 5.92 Å². The topological polar surface area (TPSA) is 42.0 Å². The van der Waals surface area contributed by atoms with Crippen molar-refractivity contribution in [2.75, 3.05) is 0 Å². The molecule has 1 N–H and O–H groups in total. The van der Waals surface area contributed by atoms with Gasteiger partial charge in [-0.2, -0.15) is 0 Å². The van der Waals surface area contributed by atoms with Crippen molar-refractivity contribution in [3.63, 3.8) is 0 Å². The molecule has 2 aliphatic carbocycles. The third-order valence-corrected chi connectivity index (χ3v) is 4.79. The van der Waals surface area contributed by atoms with E-state index in [1.54, 1.807) is 0 Å². The molecule has 18 heavy (non-hydrogen) atoms. The van der Waals surface area contributed by atoms with Crippen LogP contribution in [0.15, 0.2) is 10.5 Å². The Bertz CT molecular complexity index is 498. The lowest BCUT2D eigenvalue weighted by Crippen LogP contribution is -2.25.